The standard InChI is InChI=1S/C6H14S2.C3H4S2/c7-5-3-1-2-4-6-8;1-2-4-5-3-1/h7-8H,1-6H2;1-2H,3H2. The van der Waals surface area contributed by atoms with Crippen LogP contribution in [-0.2, 0) is 0 Å². The van der Waals surface area contributed by atoms with Crippen LogP contribution in [0.3, 0.4) is 0 Å². The molecule has 0 saturated heterocycles. The minimum Gasteiger partial charge on any atom is -0.179 e. The van der Waals surface area contributed by atoms with Gasteiger partial charge in [0.1, 0.15) is 0 Å². The van der Waals surface area contributed by atoms with Crippen LogP contribution in [0.1, 0.15) is 25.7 Å². The number of rotatable bonds is 5. The van der Waals surface area contributed by atoms with E-state index in [2.05, 4.69) is 36.7 Å². The summed E-state index contributed by atoms with van der Waals surface area (Å²) in [6.07, 6.45) is 7.33. The first-order chi connectivity index (χ1) is 6.41. The molecule has 1 rings (SSSR count). The van der Waals surface area contributed by atoms with Gasteiger partial charge in [0.25, 0.3) is 0 Å². The first-order valence-corrected chi connectivity index (χ1v) is 8.21. The molecule has 0 unspecified atom stereocenters. The van der Waals surface area contributed by atoms with Gasteiger partial charge in [-0.1, -0.05) is 40.5 Å². The van der Waals surface area contributed by atoms with E-state index in [1.165, 1.54) is 31.4 Å². The maximum Gasteiger partial charge on any atom is 0.0229 e. The van der Waals surface area contributed by atoms with Crippen molar-refractivity contribution in [3.8, 4) is 0 Å². The average Bonchev–Trinajstić information content (AvgIpc) is 2.70. The zero-order chi connectivity index (χ0) is 9.78. The molecule has 0 aromatic carbocycles. The van der Waals surface area contributed by atoms with Crippen LogP contribution in [0.4, 0.5) is 0 Å². The van der Waals surface area contributed by atoms with E-state index in [4.69, 9.17) is 0 Å². The summed E-state index contributed by atoms with van der Waals surface area (Å²) in [5.41, 5.74) is 0. The highest BCUT2D eigenvalue weighted by molar-refractivity contribution is 8.78. The van der Waals surface area contributed by atoms with Crippen LogP contribution in [0.5, 0.6) is 0 Å². The van der Waals surface area contributed by atoms with Crippen molar-refractivity contribution in [2.45, 2.75) is 25.7 Å². The van der Waals surface area contributed by atoms with Gasteiger partial charge in [0, 0.05) is 5.75 Å². The fourth-order valence-electron chi connectivity index (χ4n) is 0.774. The summed E-state index contributed by atoms with van der Waals surface area (Å²) in [5, 5.41) is 2.12. The molecule has 0 aromatic rings. The lowest BCUT2D eigenvalue weighted by molar-refractivity contribution is 0.713. The highest BCUT2D eigenvalue weighted by Gasteiger charge is 1.86. The fraction of sp³-hybridized carbons (Fsp3) is 0.778. The Morgan fingerprint density at radius 1 is 1.00 bits per heavy atom. The molecular formula is C9H18S4. The van der Waals surface area contributed by atoms with Gasteiger partial charge in [0.15, 0.2) is 0 Å². The van der Waals surface area contributed by atoms with Gasteiger partial charge in [-0.3, -0.25) is 0 Å². The number of unbranched alkanes of at least 4 members (excludes halogenated alkanes) is 3. The summed E-state index contributed by atoms with van der Waals surface area (Å²) in [6.45, 7) is 0. The van der Waals surface area contributed by atoms with Crippen LogP contribution in [0.2, 0.25) is 0 Å². The monoisotopic (exact) mass is 254 g/mol. The van der Waals surface area contributed by atoms with Crippen molar-refractivity contribution in [3.63, 3.8) is 0 Å². The van der Waals surface area contributed by atoms with Gasteiger partial charge < -0.3 is 0 Å². The smallest absolute Gasteiger partial charge is 0.0229 e. The summed E-state index contributed by atoms with van der Waals surface area (Å²) < 4.78 is 0. The largest absolute Gasteiger partial charge is 0.179 e. The molecule has 0 fully saturated rings. The van der Waals surface area contributed by atoms with Gasteiger partial charge in [0.2, 0.25) is 0 Å². The fourth-order valence-corrected chi connectivity index (χ4v) is 2.79. The second-order valence-electron chi connectivity index (χ2n) is 2.61. The first-order valence-electron chi connectivity index (χ1n) is 4.57. The van der Waals surface area contributed by atoms with Crippen molar-refractivity contribution in [2.75, 3.05) is 17.3 Å². The maximum absolute atomic E-state index is 4.10. The van der Waals surface area contributed by atoms with Crippen molar-refractivity contribution >= 4 is 46.8 Å². The van der Waals surface area contributed by atoms with Crippen LogP contribution < -0.4 is 0 Å². The highest BCUT2D eigenvalue weighted by Crippen LogP contribution is 2.27. The summed E-state index contributed by atoms with van der Waals surface area (Å²) in [5.74, 6) is 3.27. The molecule has 4 heteroatoms. The van der Waals surface area contributed by atoms with E-state index >= 15 is 0 Å². The molecule has 0 radical (unpaired) electrons. The SMILES string of the molecule is C1=CSSC1.SCCCCCCS. The van der Waals surface area contributed by atoms with Gasteiger partial charge >= 0.3 is 0 Å². The second-order valence-corrected chi connectivity index (χ2v) is 5.83. The molecule has 0 aliphatic carbocycles. The zero-order valence-electron chi connectivity index (χ0n) is 7.82. The topological polar surface area (TPSA) is 0 Å². The van der Waals surface area contributed by atoms with E-state index in [0.717, 1.165) is 11.5 Å². The molecule has 0 amide bonds. The first kappa shape index (κ1) is 14.1. The molecule has 1 heterocycles. The third-order valence-corrected chi connectivity index (χ3v) is 4.00. The molecule has 0 bridgehead atoms. The third kappa shape index (κ3) is 13.1. The van der Waals surface area contributed by atoms with Gasteiger partial charge in [-0.2, -0.15) is 25.3 Å². The lowest BCUT2D eigenvalue weighted by Gasteiger charge is -1.93. The lowest BCUT2D eigenvalue weighted by atomic mass is 10.2. The molecule has 78 valence electrons. The molecule has 0 atom stereocenters. The lowest BCUT2D eigenvalue weighted by Crippen LogP contribution is -1.78. The summed E-state index contributed by atoms with van der Waals surface area (Å²) in [6, 6.07) is 0. The van der Waals surface area contributed by atoms with Crippen LogP contribution in [-0.4, -0.2) is 17.3 Å². The molecule has 0 N–H and O–H groups in total. The van der Waals surface area contributed by atoms with E-state index in [1.54, 1.807) is 0 Å². The van der Waals surface area contributed by atoms with E-state index in [9.17, 15) is 0 Å². The van der Waals surface area contributed by atoms with Gasteiger partial charge in [-0.25, -0.2) is 0 Å². The molecule has 1 aliphatic rings. The van der Waals surface area contributed by atoms with Gasteiger partial charge in [-0.15, -0.1) is 0 Å². The predicted octanol–water partition coefficient (Wildman–Crippen LogP) is 4.30. The van der Waals surface area contributed by atoms with E-state index < -0.39 is 0 Å². The molecule has 1 aliphatic heterocycles. The van der Waals surface area contributed by atoms with Crippen molar-refractivity contribution in [1.29, 1.82) is 0 Å². The zero-order valence-corrected chi connectivity index (χ0v) is 11.2. The average molecular weight is 255 g/mol. The Morgan fingerprint density at radius 2 is 1.62 bits per heavy atom. The molecule has 0 aromatic heterocycles. The van der Waals surface area contributed by atoms with Crippen LogP contribution in [0.15, 0.2) is 11.5 Å². The summed E-state index contributed by atoms with van der Waals surface area (Å²) >= 11 is 8.21. The minimum absolute atomic E-state index is 1.03. The van der Waals surface area contributed by atoms with Crippen LogP contribution in [0, 0.1) is 0 Å². The quantitative estimate of drug-likeness (QED) is 0.426. The van der Waals surface area contributed by atoms with E-state index in [0.29, 0.717) is 0 Å². The Kier molecular flexibility index (Phi) is 14.3. The minimum atomic E-state index is 1.03. The molecule has 0 saturated carbocycles. The number of hydrogen-bond donors (Lipinski definition) is 2. The molecule has 13 heavy (non-hydrogen) atoms. The number of thiol groups is 2. The Morgan fingerprint density at radius 3 is 1.85 bits per heavy atom. The van der Waals surface area contributed by atoms with Gasteiger partial charge in [0.05, 0.1) is 0 Å². The predicted molar refractivity (Wildman–Crippen MR) is 75.4 cm³/mol. The third-order valence-electron chi connectivity index (χ3n) is 1.45. The van der Waals surface area contributed by atoms with E-state index in [1.807, 2.05) is 21.6 Å². The van der Waals surface area contributed by atoms with Crippen LogP contribution >= 0.6 is 46.8 Å². The van der Waals surface area contributed by atoms with Crippen molar-refractivity contribution < 1.29 is 0 Å². The second kappa shape index (κ2) is 13.1. The summed E-state index contributed by atoms with van der Waals surface area (Å²) in [7, 11) is 3.69. The Balaban J connectivity index is 0.000000243. The normalized spacial score (nSPS) is 14.0. The van der Waals surface area contributed by atoms with Crippen molar-refractivity contribution in [2.24, 2.45) is 0 Å². The summed E-state index contributed by atoms with van der Waals surface area (Å²) in [4.78, 5) is 0. The van der Waals surface area contributed by atoms with Crippen molar-refractivity contribution in [1.82, 2.24) is 0 Å². The Hall–Kier alpha value is 1.14. The molecule has 0 nitrogen and oxygen atoms in total. The van der Waals surface area contributed by atoms with Crippen molar-refractivity contribution in [3.05, 3.63) is 11.5 Å². The van der Waals surface area contributed by atoms with E-state index in [-0.39, 0.29) is 0 Å². The Bertz CT molecular complexity index is 102. The number of hydrogen-bond acceptors (Lipinski definition) is 4. The van der Waals surface area contributed by atoms with Gasteiger partial charge in [-0.05, 0) is 29.8 Å². The molecule has 0 spiro atoms. The molecular weight excluding hydrogens is 236 g/mol. The van der Waals surface area contributed by atoms with Crippen LogP contribution in [0.25, 0.3) is 0 Å². The highest BCUT2D eigenvalue weighted by atomic mass is 33.1. The maximum atomic E-state index is 4.10. The Labute approximate surface area is 101 Å².